The van der Waals surface area contributed by atoms with Gasteiger partial charge in [0.25, 0.3) is 10.0 Å². The number of halogens is 10. The van der Waals surface area contributed by atoms with E-state index in [4.69, 9.17) is 9.47 Å². The number of rotatable bonds is 10. The van der Waals surface area contributed by atoms with Crippen LogP contribution < -0.4 is 19.1 Å². The van der Waals surface area contributed by atoms with Gasteiger partial charge in [-0.2, -0.15) is 47.9 Å². The Bertz CT molecular complexity index is 1710. The van der Waals surface area contributed by atoms with Gasteiger partial charge in [-0.25, -0.2) is 17.5 Å². The number of nitrogens with zero attached hydrogens (tertiary/aromatic N) is 1. The number of sulfonamides is 2. The predicted molar refractivity (Wildman–Crippen MR) is 143 cm³/mol. The number of hydrogen-bond acceptors (Lipinski definition) is 8. The molecule has 1 aliphatic rings. The van der Waals surface area contributed by atoms with Gasteiger partial charge in [0, 0.05) is 18.0 Å². The maximum Gasteiger partial charge on any atom is 0.516 e. The minimum atomic E-state index is -6.09. The van der Waals surface area contributed by atoms with Crippen LogP contribution >= 0.6 is 0 Å². The Hall–Kier alpha value is -3.53. The fourth-order valence-electron chi connectivity index (χ4n) is 3.97. The molecule has 0 saturated heterocycles. The number of alkyl halides is 9. The molecule has 0 aromatic heterocycles. The molecule has 0 fully saturated rings. The normalized spacial score (nSPS) is 17.0. The van der Waals surface area contributed by atoms with Crippen LogP contribution in [-0.2, 0) is 35.8 Å². The summed E-state index contributed by atoms with van der Waals surface area (Å²) in [6.07, 6.45) is -12.5. The van der Waals surface area contributed by atoms with Crippen LogP contribution in [0.4, 0.5) is 55.3 Å². The number of amides is 1. The Morgan fingerprint density at radius 3 is 2.17 bits per heavy atom. The summed E-state index contributed by atoms with van der Waals surface area (Å²) >= 11 is 0. The lowest BCUT2D eigenvalue weighted by molar-refractivity contribution is -0.261. The number of anilines is 2. The van der Waals surface area contributed by atoms with Crippen molar-refractivity contribution in [1.29, 1.82) is 0 Å². The second-order valence-corrected chi connectivity index (χ2v) is 14.2. The van der Waals surface area contributed by atoms with E-state index in [0.717, 1.165) is 30.7 Å². The third-order valence-electron chi connectivity index (χ3n) is 6.77. The van der Waals surface area contributed by atoms with E-state index in [1.165, 1.54) is 13.0 Å². The highest BCUT2D eigenvalue weighted by Crippen LogP contribution is 2.42. The van der Waals surface area contributed by atoms with E-state index >= 15 is 0 Å². The van der Waals surface area contributed by atoms with E-state index in [9.17, 15) is 65.5 Å². The molecule has 22 heteroatoms. The van der Waals surface area contributed by atoms with Gasteiger partial charge in [-0.3, -0.25) is 9.10 Å². The lowest BCUT2D eigenvalue weighted by Crippen LogP contribution is -2.47. The van der Waals surface area contributed by atoms with E-state index in [0.29, 0.717) is 10.4 Å². The van der Waals surface area contributed by atoms with E-state index in [1.54, 1.807) is 0 Å². The second kappa shape index (κ2) is 12.8. The fourth-order valence-corrected chi connectivity index (χ4v) is 5.98. The topological polar surface area (TPSA) is 131 Å². The SMILES string of the molecule is CC(CC(=O)NS(=O)(=O)C(F)(F)F)C1CN(S(=O)(=O)c2ccc(F)c(C(F)(F)F)c2)c2cc(NCOC(C)(C)C(F)(F)F)ccc2O1. The molecule has 0 radical (unpaired) electrons. The van der Waals surface area contributed by atoms with Crippen LogP contribution in [0.5, 0.6) is 5.75 Å². The molecule has 1 amide bonds. The smallest absolute Gasteiger partial charge is 0.486 e. The zero-order valence-corrected chi connectivity index (χ0v) is 25.8. The van der Waals surface area contributed by atoms with Crippen LogP contribution in [0.15, 0.2) is 41.3 Å². The highest BCUT2D eigenvalue weighted by molar-refractivity contribution is 7.92. The Morgan fingerprint density at radius 2 is 1.62 bits per heavy atom. The van der Waals surface area contributed by atoms with Crippen molar-refractivity contribution < 1.29 is 75.0 Å². The van der Waals surface area contributed by atoms with Gasteiger partial charge in [0.15, 0.2) is 5.60 Å². The fraction of sp³-hybridized carbons (Fsp3) is 0.480. The van der Waals surface area contributed by atoms with Crippen molar-refractivity contribution in [1.82, 2.24) is 4.72 Å². The largest absolute Gasteiger partial charge is 0.516 e. The molecular weight excluding hydrogens is 708 g/mol. The summed E-state index contributed by atoms with van der Waals surface area (Å²) in [6, 6.07) is 4.09. The lowest BCUT2D eigenvalue weighted by Gasteiger charge is -2.38. The van der Waals surface area contributed by atoms with E-state index in [-0.39, 0.29) is 23.6 Å². The maximum absolute atomic E-state index is 14.0. The van der Waals surface area contributed by atoms with Crippen molar-refractivity contribution >= 4 is 37.3 Å². The molecule has 0 bridgehead atoms. The van der Waals surface area contributed by atoms with Gasteiger partial charge in [-0.05, 0) is 50.2 Å². The number of fused-ring (bicyclic) bond motifs is 1. The standard InChI is InChI=1S/C25H25F10N3O7S2/c1-13(8-21(39)37-47(42,43)25(33,34)35)20-11-38(46(40,41)15-5-6-17(26)16(10-15)23(27,28)29)18-9-14(4-7-19(18)45-20)36-12-44-22(2,3)24(30,31)32/h4-7,9-10,13,20,36H,8,11-12H2,1-3H3,(H,37,39). The van der Waals surface area contributed by atoms with E-state index in [2.05, 4.69) is 5.32 Å². The number of hydrogen-bond donors (Lipinski definition) is 2. The van der Waals surface area contributed by atoms with Gasteiger partial charge < -0.3 is 14.8 Å². The first kappa shape index (κ1) is 37.9. The molecule has 3 rings (SSSR count). The van der Waals surface area contributed by atoms with Crippen molar-refractivity contribution in [2.24, 2.45) is 5.92 Å². The molecule has 2 unspecified atom stereocenters. The van der Waals surface area contributed by atoms with Crippen LogP contribution in [0.3, 0.4) is 0 Å². The number of carbonyl (C=O) groups excluding carboxylic acids is 1. The first-order valence-electron chi connectivity index (χ1n) is 12.9. The van der Waals surface area contributed by atoms with Gasteiger partial charge in [0.1, 0.15) is 24.4 Å². The molecule has 1 aliphatic heterocycles. The highest BCUT2D eigenvalue weighted by atomic mass is 32.2. The summed E-state index contributed by atoms with van der Waals surface area (Å²) in [6.45, 7) is 1.07. The Balaban J connectivity index is 2.00. The molecule has 10 nitrogen and oxygen atoms in total. The molecule has 0 aliphatic carbocycles. The van der Waals surface area contributed by atoms with Gasteiger partial charge in [0.05, 0.1) is 22.7 Å². The van der Waals surface area contributed by atoms with Crippen LogP contribution in [0.1, 0.15) is 32.8 Å². The Kier molecular flexibility index (Phi) is 10.3. The molecule has 2 N–H and O–H groups in total. The molecule has 2 aromatic rings. The minimum Gasteiger partial charge on any atom is -0.486 e. The predicted octanol–water partition coefficient (Wildman–Crippen LogP) is 5.52. The van der Waals surface area contributed by atoms with Crippen LogP contribution in [0.25, 0.3) is 0 Å². The average Bonchev–Trinajstić information content (AvgIpc) is 2.90. The molecule has 2 atom stereocenters. The van der Waals surface area contributed by atoms with Gasteiger partial charge >= 0.3 is 27.9 Å². The first-order chi connectivity index (χ1) is 21.2. The number of ether oxygens (including phenoxy) is 2. The summed E-state index contributed by atoms with van der Waals surface area (Å²) < 4.78 is 193. The van der Waals surface area contributed by atoms with Gasteiger partial charge in [0.2, 0.25) is 5.91 Å². The number of benzene rings is 2. The highest BCUT2D eigenvalue weighted by Gasteiger charge is 2.49. The summed E-state index contributed by atoms with van der Waals surface area (Å²) in [5.41, 5.74) is -10.8. The van der Waals surface area contributed by atoms with Crippen molar-refractivity contribution in [2.75, 3.05) is 22.9 Å². The van der Waals surface area contributed by atoms with Gasteiger partial charge in [-0.1, -0.05) is 6.92 Å². The zero-order valence-electron chi connectivity index (χ0n) is 24.1. The van der Waals surface area contributed by atoms with Gasteiger partial charge in [-0.15, -0.1) is 0 Å². The first-order valence-corrected chi connectivity index (χ1v) is 15.9. The van der Waals surface area contributed by atoms with Crippen molar-refractivity contribution in [3.05, 3.63) is 47.8 Å². The Morgan fingerprint density at radius 1 is 1.00 bits per heavy atom. The molecule has 1 heterocycles. The van der Waals surface area contributed by atoms with Crippen LogP contribution in [-0.4, -0.2) is 59.4 Å². The lowest BCUT2D eigenvalue weighted by atomic mass is 9.99. The summed E-state index contributed by atoms with van der Waals surface area (Å²) in [5.74, 6) is -4.99. The molecular formula is C25H25F10N3O7S2. The summed E-state index contributed by atoms with van der Waals surface area (Å²) in [7, 11) is -11.2. The second-order valence-electron chi connectivity index (χ2n) is 10.6. The minimum absolute atomic E-state index is 0.0167. The van der Waals surface area contributed by atoms with E-state index < -0.39 is 103 Å². The average molecular weight is 734 g/mol. The van der Waals surface area contributed by atoms with Crippen molar-refractivity contribution in [3.63, 3.8) is 0 Å². The number of carbonyl (C=O) groups is 1. The molecule has 2 aromatic carbocycles. The third-order valence-corrected chi connectivity index (χ3v) is 9.65. The molecule has 47 heavy (non-hydrogen) atoms. The summed E-state index contributed by atoms with van der Waals surface area (Å²) in [4.78, 5) is 11.1. The number of nitrogens with one attached hydrogen (secondary N) is 2. The maximum atomic E-state index is 14.0. The van der Waals surface area contributed by atoms with Crippen LogP contribution in [0, 0.1) is 11.7 Å². The third kappa shape index (κ3) is 8.50. The van der Waals surface area contributed by atoms with Crippen LogP contribution in [0.2, 0.25) is 0 Å². The quantitative estimate of drug-likeness (QED) is 0.241. The molecule has 264 valence electrons. The summed E-state index contributed by atoms with van der Waals surface area (Å²) in [5, 5.41) is 2.47. The van der Waals surface area contributed by atoms with Crippen molar-refractivity contribution in [3.8, 4) is 5.75 Å². The monoisotopic (exact) mass is 733 g/mol. The Labute approximate surface area is 261 Å². The molecule has 0 spiro atoms. The van der Waals surface area contributed by atoms with E-state index in [1.807, 2.05) is 0 Å². The molecule has 0 saturated carbocycles. The zero-order chi connectivity index (χ0) is 36.0. The van der Waals surface area contributed by atoms with Crippen molar-refractivity contribution in [2.45, 2.75) is 61.7 Å².